The van der Waals surface area contributed by atoms with E-state index in [1.165, 1.54) is 6.92 Å². The van der Waals surface area contributed by atoms with E-state index in [-0.39, 0.29) is 18.3 Å². The molecule has 6 nitrogen and oxygen atoms in total. The third-order valence-electron chi connectivity index (χ3n) is 2.12. The van der Waals surface area contributed by atoms with Gasteiger partial charge in [-0.1, -0.05) is 25.6 Å². The molecule has 0 radical (unpaired) electrons. The highest BCUT2D eigenvalue weighted by atomic mass is 32.2. The van der Waals surface area contributed by atoms with Crippen LogP contribution in [0.15, 0.2) is 5.16 Å². The smallest absolute Gasteiger partial charge is 0.327 e. The van der Waals surface area contributed by atoms with E-state index in [2.05, 4.69) is 15.2 Å². The van der Waals surface area contributed by atoms with Crippen molar-refractivity contribution in [2.24, 2.45) is 0 Å². The van der Waals surface area contributed by atoms with Gasteiger partial charge >= 0.3 is 5.97 Å². The van der Waals surface area contributed by atoms with Crippen molar-refractivity contribution in [1.29, 1.82) is 0 Å². The molecule has 0 amide bonds. The maximum atomic E-state index is 11.6. The molecular weight excluding hydrogens is 254 g/mol. The van der Waals surface area contributed by atoms with E-state index in [1.807, 2.05) is 13.8 Å². The van der Waals surface area contributed by atoms with Crippen LogP contribution in [0.25, 0.3) is 0 Å². The number of nitrogens with zero attached hydrogens (tertiary/aromatic N) is 2. The van der Waals surface area contributed by atoms with Gasteiger partial charge in [0.15, 0.2) is 11.0 Å². The maximum absolute atomic E-state index is 11.6. The summed E-state index contributed by atoms with van der Waals surface area (Å²) in [5.74, 6) is 0.120. The normalized spacial score (nSPS) is 12.5. The van der Waals surface area contributed by atoms with Crippen molar-refractivity contribution >= 4 is 23.5 Å². The number of hydrogen-bond acceptors (Lipinski definition) is 6. The predicted octanol–water partition coefficient (Wildman–Crippen LogP) is 1.54. The summed E-state index contributed by atoms with van der Waals surface area (Å²) in [6, 6.07) is 0. The van der Waals surface area contributed by atoms with Crippen LogP contribution in [0.5, 0.6) is 0 Å². The number of aromatic amines is 1. The second-order valence-corrected chi connectivity index (χ2v) is 5.09. The van der Waals surface area contributed by atoms with E-state index in [1.54, 1.807) is 6.92 Å². The van der Waals surface area contributed by atoms with Crippen molar-refractivity contribution in [1.82, 2.24) is 15.2 Å². The second-order valence-electron chi connectivity index (χ2n) is 4.02. The zero-order valence-electron chi connectivity index (χ0n) is 10.9. The molecule has 0 aliphatic carbocycles. The quantitative estimate of drug-likeness (QED) is 0.480. The van der Waals surface area contributed by atoms with Gasteiger partial charge in [0.25, 0.3) is 0 Å². The Morgan fingerprint density at radius 3 is 2.56 bits per heavy atom. The molecule has 0 saturated heterocycles. The van der Waals surface area contributed by atoms with Crippen LogP contribution in [0, 0.1) is 0 Å². The zero-order chi connectivity index (χ0) is 13.7. The molecule has 0 bridgehead atoms. The van der Waals surface area contributed by atoms with Crippen molar-refractivity contribution in [3.63, 3.8) is 0 Å². The predicted molar refractivity (Wildman–Crippen MR) is 67.4 cm³/mol. The lowest BCUT2D eigenvalue weighted by atomic mass is 10.2. The summed E-state index contributed by atoms with van der Waals surface area (Å²) in [4.78, 5) is 27.2. The third-order valence-corrected chi connectivity index (χ3v) is 3.28. The summed E-state index contributed by atoms with van der Waals surface area (Å²) in [5.41, 5.74) is 0. The van der Waals surface area contributed by atoms with E-state index >= 15 is 0 Å². The van der Waals surface area contributed by atoms with Gasteiger partial charge in [-0.2, -0.15) is 0 Å². The number of hydrogen-bond donors (Lipinski definition) is 1. The number of ether oxygens (including phenoxy) is 1. The van der Waals surface area contributed by atoms with E-state index in [0.29, 0.717) is 5.16 Å². The Morgan fingerprint density at radius 2 is 2.11 bits per heavy atom. The number of nitrogens with one attached hydrogen (secondary N) is 1. The van der Waals surface area contributed by atoms with Crippen LogP contribution in [0.3, 0.4) is 0 Å². The van der Waals surface area contributed by atoms with E-state index in [0.717, 1.165) is 17.6 Å². The van der Waals surface area contributed by atoms with E-state index in [9.17, 15) is 9.59 Å². The fourth-order valence-electron chi connectivity index (χ4n) is 1.19. The molecule has 1 rings (SSSR count). The van der Waals surface area contributed by atoms with Crippen molar-refractivity contribution in [3.05, 3.63) is 5.82 Å². The first kappa shape index (κ1) is 14.7. The van der Waals surface area contributed by atoms with Gasteiger partial charge in [-0.3, -0.25) is 14.7 Å². The Hall–Kier alpha value is -1.37. The molecule has 0 fully saturated rings. The average molecular weight is 271 g/mol. The average Bonchev–Trinajstić information content (AvgIpc) is 2.74. The van der Waals surface area contributed by atoms with Crippen LogP contribution in [0.1, 0.15) is 39.4 Å². The summed E-state index contributed by atoms with van der Waals surface area (Å²) in [5, 5.41) is 6.22. The molecule has 0 aromatic carbocycles. The van der Waals surface area contributed by atoms with Crippen LogP contribution in [-0.4, -0.2) is 38.8 Å². The molecule has 1 atom stereocenters. The molecule has 0 aliphatic rings. The molecule has 1 unspecified atom stereocenters. The summed E-state index contributed by atoms with van der Waals surface area (Å²) in [6.45, 7) is 7.24. The lowest BCUT2D eigenvalue weighted by Gasteiger charge is -2.09. The van der Waals surface area contributed by atoms with Crippen LogP contribution >= 0.6 is 11.8 Å². The van der Waals surface area contributed by atoms with Crippen LogP contribution < -0.4 is 0 Å². The fraction of sp³-hybridized carbons (Fsp3) is 0.636. The second kappa shape index (κ2) is 6.53. The van der Waals surface area contributed by atoms with E-state index < -0.39 is 11.2 Å². The highest BCUT2D eigenvalue weighted by molar-refractivity contribution is 8.01. The topological polar surface area (TPSA) is 84.9 Å². The SMILES string of the molecule is CCOC(=O)C(Sc1n[nH]c(C(C)C)n1)C(C)=O. The molecule has 0 aliphatic heterocycles. The van der Waals surface area contributed by atoms with Crippen LogP contribution in [0.4, 0.5) is 0 Å². The molecule has 1 heterocycles. The third kappa shape index (κ3) is 3.83. The van der Waals surface area contributed by atoms with Gasteiger partial charge in [-0.25, -0.2) is 4.98 Å². The standard InChI is InChI=1S/C11H17N3O3S/c1-5-17-10(16)8(7(4)15)18-11-12-9(6(2)3)13-14-11/h6,8H,5H2,1-4H3,(H,12,13,14). The number of rotatable bonds is 6. The summed E-state index contributed by atoms with van der Waals surface area (Å²) in [7, 11) is 0. The largest absolute Gasteiger partial charge is 0.465 e. The van der Waals surface area contributed by atoms with Gasteiger partial charge < -0.3 is 4.74 Å². The number of esters is 1. The van der Waals surface area contributed by atoms with Gasteiger partial charge in [-0.15, -0.1) is 5.10 Å². The monoisotopic (exact) mass is 271 g/mol. The van der Waals surface area contributed by atoms with Gasteiger partial charge in [0.2, 0.25) is 5.16 Å². The zero-order valence-corrected chi connectivity index (χ0v) is 11.7. The van der Waals surface area contributed by atoms with Gasteiger partial charge in [-0.05, 0) is 13.8 Å². The highest BCUT2D eigenvalue weighted by Crippen LogP contribution is 2.22. The van der Waals surface area contributed by atoms with Crippen LogP contribution in [-0.2, 0) is 14.3 Å². The minimum atomic E-state index is -0.902. The molecule has 0 spiro atoms. The lowest BCUT2D eigenvalue weighted by Crippen LogP contribution is -2.27. The Labute approximate surface area is 110 Å². The number of ketones is 1. The first-order valence-corrected chi connectivity index (χ1v) is 6.59. The van der Waals surface area contributed by atoms with Crippen molar-refractivity contribution in [3.8, 4) is 0 Å². The first-order chi connectivity index (χ1) is 8.45. The van der Waals surface area contributed by atoms with Crippen molar-refractivity contribution < 1.29 is 14.3 Å². The van der Waals surface area contributed by atoms with Crippen LogP contribution in [0.2, 0.25) is 0 Å². The van der Waals surface area contributed by atoms with Crippen molar-refractivity contribution in [2.75, 3.05) is 6.61 Å². The Balaban J connectivity index is 2.77. The Bertz CT molecular complexity index is 431. The number of thioether (sulfide) groups is 1. The molecule has 1 N–H and O–H groups in total. The summed E-state index contributed by atoms with van der Waals surface area (Å²) < 4.78 is 4.85. The molecule has 1 aromatic rings. The van der Waals surface area contributed by atoms with Gasteiger partial charge in [0.05, 0.1) is 6.61 Å². The molecule has 100 valence electrons. The Morgan fingerprint density at radius 1 is 1.44 bits per heavy atom. The lowest BCUT2D eigenvalue weighted by molar-refractivity contribution is -0.144. The summed E-state index contributed by atoms with van der Waals surface area (Å²) in [6.07, 6.45) is 0. The van der Waals surface area contributed by atoms with Gasteiger partial charge in [0.1, 0.15) is 5.82 Å². The number of H-pyrrole nitrogens is 1. The highest BCUT2D eigenvalue weighted by Gasteiger charge is 2.27. The minimum absolute atomic E-state index is 0.213. The van der Waals surface area contributed by atoms with Gasteiger partial charge in [0, 0.05) is 5.92 Å². The maximum Gasteiger partial charge on any atom is 0.327 e. The fourth-order valence-corrected chi connectivity index (χ4v) is 1.98. The number of Topliss-reactive ketones (excluding diaryl/α,β-unsaturated/α-hetero) is 1. The number of aromatic nitrogens is 3. The molecule has 18 heavy (non-hydrogen) atoms. The molecule has 7 heteroatoms. The Kier molecular flexibility index (Phi) is 5.33. The molecular formula is C11H17N3O3S. The summed E-state index contributed by atoms with van der Waals surface area (Å²) >= 11 is 1.01. The van der Waals surface area contributed by atoms with Crippen molar-refractivity contribution in [2.45, 2.75) is 44.0 Å². The molecule has 0 saturated carbocycles. The van der Waals surface area contributed by atoms with E-state index in [4.69, 9.17) is 4.74 Å². The first-order valence-electron chi connectivity index (χ1n) is 5.71. The minimum Gasteiger partial charge on any atom is -0.465 e. The number of carbonyl (C=O) groups excluding carboxylic acids is 2. The number of carbonyl (C=O) groups is 2. The molecule has 1 aromatic heterocycles.